The van der Waals surface area contributed by atoms with Crippen molar-refractivity contribution in [2.75, 3.05) is 13.1 Å². The van der Waals surface area contributed by atoms with Gasteiger partial charge >= 0.3 is 0 Å². The van der Waals surface area contributed by atoms with Crippen LogP contribution in [0.3, 0.4) is 0 Å². The van der Waals surface area contributed by atoms with Gasteiger partial charge in [0.25, 0.3) is 0 Å². The first-order chi connectivity index (χ1) is 5.22. The van der Waals surface area contributed by atoms with Crippen molar-refractivity contribution in [1.82, 2.24) is 0 Å². The summed E-state index contributed by atoms with van der Waals surface area (Å²) in [4.78, 5) is 0. The summed E-state index contributed by atoms with van der Waals surface area (Å²) in [6.07, 6.45) is 5.15. The van der Waals surface area contributed by atoms with Crippen LogP contribution in [0.1, 0.15) is 32.6 Å². The van der Waals surface area contributed by atoms with Crippen molar-refractivity contribution < 1.29 is 0 Å². The van der Waals surface area contributed by atoms with Gasteiger partial charge in [0, 0.05) is 0 Å². The van der Waals surface area contributed by atoms with Crippen LogP contribution in [0.25, 0.3) is 0 Å². The first-order valence-corrected chi connectivity index (χ1v) is 4.62. The van der Waals surface area contributed by atoms with E-state index in [0.717, 1.165) is 19.0 Å². The van der Waals surface area contributed by atoms with E-state index in [1.807, 2.05) is 0 Å². The van der Waals surface area contributed by atoms with E-state index in [2.05, 4.69) is 6.92 Å². The Hall–Kier alpha value is -0.0800. The lowest BCUT2D eigenvalue weighted by atomic mass is 9.70. The third-order valence-corrected chi connectivity index (χ3v) is 3.05. The first kappa shape index (κ1) is 9.01. The highest BCUT2D eigenvalue weighted by Crippen LogP contribution is 2.37. The van der Waals surface area contributed by atoms with Crippen LogP contribution in [0.15, 0.2) is 0 Å². The second-order valence-corrected chi connectivity index (χ2v) is 4.11. The second-order valence-electron chi connectivity index (χ2n) is 4.11. The van der Waals surface area contributed by atoms with Gasteiger partial charge in [0.15, 0.2) is 0 Å². The van der Waals surface area contributed by atoms with Crippen LogP contribution in [0.4, 0.5) is 0 Å². The largest absolute Gasteiger partial charge is 0.330 e. The fraction of sp³-hybridized carbons (Fsp3) is 1.00. The molecule has 11 heavy (non-hydrogen) atoms. The lowest BCUT2D eigenvalue weighted by molar-refractivity contribution is 0.163. The highest BCUT2D eigenvalue weighted by molar-refractivity contribution is 4.86. The Labute approximate surface area is 69.3 Å². The predicted octanol–water partition coefficient (Wildman–Crippen LogP) is 1.10. The summed E-state index contributed by atoms with van der Waals surface area (Å²) >= 11 is 0. The van der Waals surface area contributed by atoms with Gasteiger partial charge in [0.05, 0.1) is 0 Å². The number of rotatable bonds is 2. The minimum atomic E-state index is 0.289. The molecule has 2 heteroatoms. The summed E-state index contributed by atoms with van der Waals surface area (Å²) in [7, 11) is 0. The zero-order valence-corrected chi connectivity index (χ0v) is 7.47. The molecule has 1 fully saturated rings. The lowest BCUT2D eigenvalue weighted by Gasteiger charge is -2.38. The number of hydrogen-bond donors (Lipinski definition) is 2. The molecular formula is C9H20N2. The normalized spacial score (nSPS) is 30.3. The molecule has 0 aromatic carbocycles. The highest BCUT2D eigenvalue weighted by atomic mass is 14.7. The van der Waals surface area contributed by atoms with Gasteiger partial charge in [-0.05, 0) is 37.3 Å². The molecule has 0 saturated heterocycles. The molecule has 1 saturated carbocycles. The van der Waals surface area contributed by atoms with Crippen molar-refractivity contribution in [1.29, 1.82) is 0 Å². The maximum atomic E-state index is 5.73. The van der Waals surface area contributed by atoms with Crippen LogP contribution in [-0.2, 0) is 0 Å². The molecule has 0 amide bonds. The summed E-state index contributed by atoms with van der Waals surface area (Å²) in [5.41, 5.74) is 11.8. The molecule has 0 bridgehead atoms. The van der Waals surface area contributed by atoms with Crippen LogP contribution in [0.2, 0.25) is 0 Å². The summed E-state index contributed by atoms with van der Waals surface area (Å²) in [6, 6.07) is 0. The summed E-state index contributed by atoms with van der Waals surface area (Å²) in [5.74, 6) is 0.829. The molecule has 1 unspecified atom stereocenters. The van der Waals surface area contributed by atoms with Crippen molar-refractivity contribution in [3.05, 3.63) is 0 Å². The maximum Gasteiger partial charge on any atom is -0.000834 e. The maximum absolute atomic E-state index is 5.73. The Morgan fingerprint density at radius 1 is 1.36 bits per heavy atom. The van der Waals surface area contributed by atoms with Gasteiger partial charge in [0.1, 0.15) is 0 Å². The molecule has 2 nitrogen and oxygen atoms in total. The molecule has 0 aliphatic heterocycles. The number of hydrogen-bond acceptors (Lipinski definition) is 2. The molecule has 0 aromatic rings. The van der Waals surface area contributed by atoms with Crippen LogP contribution >= 0.6 is 0 Å². The van der Waals surface area contributed by atoms with Gasteiger partial charge in [-0.2, -0.15) is 0 Å². The Kier molecular flexibility index (Phi) is 2.90. The van der Waals surface area contributed by atoms with E-state index in [9.17, 15) is 0 Å². The Bertz CT molecular complexity index is 119. The van der Waals surface area contributed by atoms with Crippen LogP contribution in [0.5, 0.6) is 0 Å². The zero-order valence-electron chi connectivity index (χ0n) is 7.47. The predicted molar refractivity (Wildman–Crippen MR) is 48.2 cm³/mol. The van der Waals surface area contributed by atoms with Gasteiger partial charge in [-0.1, -0.05) is 19.8 Å². The summed E-state index contributed by atoms with van der Waals surface area (Å²) in [6.45, 7) is 3.85. The molecular weight excluding hydrogens is 136 g/mol. The van der Waals surface area contributed by atoms with Crippen LogP contribution < -0.4 is 11.5 Å². The molecule has 0 aromatic heterocycles. The molecule has 1 rings (SSSR count). The monoisotopic (exact) mass is 156 g/mol. The lowest BCUT2D eigenvalue weighted by Crippen LogP contribution is -2.41. The molecule has 0 radical (unpaired) electrons. The molecule has 0 spiro atoms. The summed E-state index contributed by atoms with van der Waals surface area (Å²) < 4.78 is 0. The van der Waals surface area contributed by atoms with E-state index in [0.29, 0.717) is 0 Å². The smallest absolute Gasteiger partial charge is 0.000834 e. The Balaban J connectivity index is 2.52. The first-order valence-electron chi connectivity index (χ1n) is 4.62. The molecule has 1 aliphatic carbocycles. The van der Waals surface area contributed by atoms with Gasteiger partial charge in [-0.3, -0.25) is 0 Å². The van der Waals surface area contributed by atoms with Crippen molar-refractivity contribution in [3.63, 3.8) is 0 Å². The van der Waals surface area contributed by atoms with E-state index in [1.165, 1.54) is 25.7 Å². The third-order valence-electron chi connectivity index (χ3n) is 3.05. The van der Waals surface area contributed by atoms with Gasteiger partial charge < -0.3 is 11.5 Å². The Morgan fingerprint density at radius 3 is 2.36 bits per heavy atom. The average molecular weight is 156 g/mol. The molecule has 1 atom stereocenters. The van der Waals surface area contributed by atoms with Crippen molar-refractivity contribution in [3.8, 4) is 0 Å². The summed E-state index contributed by atoms with van der Waals surface area (Å²) in [5, 5.41) is 0. The van der Waals surface area contributed by atoms with Crippen LogP contribution in [-0.4, -0.2) is 13.1 Å². The fourth-order valence-corrected chi connectivity index (χ4v) is 2.22. The van der Waals surface area contributed by atoms with Crippen molar-refractivity contribution >= 4 is 0 Å². The standard InChI is InChI=1S/C9H20N2/c1-8-3-2-4-9(5-8,6-10)7-11/h8H,2-7,10-11H2,1H3. The zero-order chi connectivity index (χ0) is 8.32. The van der Waals surface area contributed by atoms with E-state index in [1.54, 1.807) is 0 Å². The fourth-order valence-electron chi connectivity index (χ4n) is 2.22. The van der Waals surface area contributed by atoms with Gasteiger partial charge in [-0.15, -0.1) is 0 Å². The van der Waals surface area contributed by atoms with Crippen molar-refractivity contribution in [2.24, 2.45) is 22.8 Å². The quantitative estimate of drug-likeness (QED) is 0.629. The van der Waals surface area contributed by atoms with Gasteiger partial charge in [0.2, 0.25) is 0 Å². The second kappa shape index (κ2) is 3.55. The van der Waals surface area contributed by atoms with Crippen molar-refractivity contribution in [2.45, 2.75) is 32.6 Å². The van der Waals surface area contributed by atoms with Gasteiger partial charge in [-0.25, -0.2) is 0 Å². The highest BCUT2D eigenvalue weighted by Gasteiger charge is 2.31. The van der Waals surface area contributed by atoms with Crippen LogP contribution in [0, 0.1) is 11.3 Å². The Morgan fingerprint density at radius 2 is 2.00 bits per heavy atom. The number of nitrogens with two attached hydrogens (primary N) is 2. The topological polar surface area (TPSA) is 52.0 Å². The SMILES string of the molecule is CC1CCCC(CN)(CN)C1. The average Bonchev–Trinajstić information content (AvgIpc) is 2.04. The molecule has 4 N–H and O–H groups in total. The molecule has 1 aliphatic rings. The van der Waals surface area contributed by atoms with E-state index >= 15 is 0 Å². The molecule has 66 valence electrons. The minimum absolute atomic E-state index is 0.289. The third kappa shape index (κ3) is 1.94. The van der Waals surface area contributed by atoms with E-state index in [-0.39, 0.29) is 5.41 Å². The van der Waals surface area contributed by atoms with E-state index in [4.69, 9.17) is 11.5 Å². The van der Waals surface area contributed by atoms with E-state index < -0.39 is 0 Å². The minimum Gasteiger partial charge on any atom is -0.330 e. The molecule has 0 heterocycles.